The van der Waals surface area contributed by atoms with Crippen LogP contribution in [0.2, 0.25) is 5.02 Å². The summed E-state index contributed by atoms with van der Waals surface area (Å²) in [7, 11) is 0. The number of halogens is 1. The summed E-state index contributed by atoms with van der Waals surface area (Å²) in [4.78, 5) is 4.43. The smallest absolute Gasteiger partial charge is 0.257 e. The zero-order valence-corrected chi connectivity index (χ0v) is 13.3. The largest absolute Gasteiger partial charge is 0.431 e. The molecule has 3 aromatic rings. The number of oxazole rings is 1. The first-order valence-electron chi connectivity index (χ1n) is 6.59. The molecule has 0 bridgehead atoms. The first-order valence-corrected chi connectivity index (χ1v) is 7.95. The van der Waals surface area contributed by atoms with Gasteiger partial charge in [0.25, 0.3) is 5.22 Å². The SMILES string of the molecule is CCn1nc(C)c(Cl)c1CSc1nc2ccc(N)cc2o1. The van der Waals surface area contributed by atoms with Crippen molar-refractivity contribution in [1.82, 2.24) is 14.8 Å². The van der Waals surface area contributed by atoms with Crippen molar-refractivity contribution in [3.8, 4) is 0 Å². The Morgan fingerprint density at radius 2 is 2.24 bits per heavy atom. The summed E-state index contributed by atoms with van der Waals surface area (Å²) in [5, 5.41) is 5.72. The van der Waals surface area contributed by atoms with Crippen LogP contribution >= 0.6 is 23.4 Å². The van der Waals surface area contributed by atoms with Gasteiger partial charge in [0.2, 0.25) is 0 Å². The molecule has 21 heavy (non-hydrogen) atoms. The molecule has 7 heteroatoms. The van der Waals surface area contributed by atoms with Crippen LogP contribution in [0, 0.1) is 6.92 Å². The van der Waals surface area contributed by atoms with Gasteiger partial charge in [0.05, 0.1) is 16.4 Å². The van der Waals surface area contributed by atoms with E-state index in [0.29, 0.717) is 27.3 Å². The number of hydrogen-bond donors (Lipinski definition) is 1. The van der Waals surface area contributed by atoms with E-state index in [1.165, 1.54) is 11.8 Å². The van der Waals surface area contributed by atoms with Gasteiger partial charge in [0.1, 0.15) is 5.52 Å². The van der Waals surface area contributed by atoms with E-state index in [1.54, 1.807) is 6.07 Å². The summed E-state index contributed by atoms with van der Waals surface area (Å²) in [5.74, 6) is 0.663. The molecule has 0 aliphatic carbocycles. The van der Waals surface area contributed by atoms with Crippen LogP contribution in [-0.4, -0.2) is 14.8 Å². The molecule has 0 saturated carbocycles. The van der Waals surface area contributed by atoms with Crippen molar-refractivity contribution in [2.75, 3.05) is 5.73 Å². The van der Waals surface area contributed by atoms with E-state index in [1.807, 2.05) is 30.7 Å². The van der Waals surface area contributed by atoms with Gasteiger partial charge in [-0.05, 0) is 26.0 Å². The topological polar surface area (TPSA) is 69.9 Å². The van der Waals surface area contributed by atoms with E-state index in [0.717, 1.165) is 23.4 Å². The van der Waals surface area contributed by atoms with Crippen LogP contribution in [0.1, 0.15) is 18.3 Å². The van der Waals surface area contributed by atoms with Gasteiger partial charge in [0, 0.05) is 24.1 Å². The predicted octanol–water partition coefficient (Wildman–Crippen LogP) is 3.88. The second kappa shape index (κ2) is 5.61. The van der Waals surface area contributed by atoms with E-state index >= 15 is 0 Å². The van der Waals surface area contributed by atoms with Crippen molar-refractivity contribution in [3.05, 3.63) is 34.6 Å². The Hall–Kier alpha value is -1.66. The molecular weight excluding hydrogens is 308 g/mol. The average Bonchev–Trinajstić information content (AvgIpc) is 2.98. The minimum atomic E-state index is 0.605. The van der Waals surface area contributed by atoms with Crippen LogP contribution in [0.15, 0.2) is 27.8 Å². The monoisotopic (exact) mass is 322 g/mol. The lowest BCUT2D eigenvalue weighted by Crippen LogP contribution is -2.01. The van der Waals surface area contributed by atoms with Gasteiger partial charge in [-0.1, -0.05) is 23.4 Å². The highest BCUT2D eigenvalue weighted by atomic mass is 35.5. The fourth-order valence-electron chi connectivity index (χ4n) is 2.12. The molecule has 0 unspecified atom stereocenters. The molecule has 1 aromatic carbocycles. The van der Waals surface area contributed by atoms with Crippen LogP contribution < -0.4 is 5.73 Å². The molecule has 3 rings (SSSR count). The summed E-state index contributed by atoms with van der Waals surface area (Å²) in [5.41, 5.74) is 9.74. The number of aryl methyl sites for hydroxylation is 2. The van der Waals surface area contributed by atoms with Crippen LogP contribution in [0.3, 0.4) is 0 Å². The average molecular weight is 323 g/mol. The molecule has 0 atom stereocenters. The third kappa shape index (κ3) is 2.73. The van der Waals surface area contributed by atoms with Crippen molar-refractivity contribution < 1.29 is 4.42 Å². The van der Waals surface area contributed by atoms with Gasteiger partial charge in [-0.25, -0.2) is 4.98 Å². The van der Waals surface area contributed by atoms with Gasteiger partial charge >= 0.3 is 0 Å². The van der Waals surface area contributed by atoms with Crippen LogP contribution in [0.25, 0.3) is 11.1 Å². The Balaban J connectivity index is 1.83. The summed E-state index contributed by atoms with van der Waals surface area (Å²) < 4.78 is 7.60. The Kier molecular flexibility index (Phi) is 3.82. The third-order valence-electron chi connectivity index (χ3n) is 3.18. The molecule has 0 amide bonds. The molecule has 0 fully saturated rings. The van der Waals surface area contributed by atoms with Gasteiger partial charge in [-0.2, -0.15) is 5.10 Å². The fourth-order valence-corrected chi connectivity index (χ4v) is 3.27. The number of thioether (sulfide) groups is 1. The third-order valence-corrected chi connectivity index (χ3v) is 4.51. The number of nitrogens with zero attached hydrogens (tertiary/aromatic N) is 3. The van der Waals surface area contributed by atoms with Crippen molar-refractivity contribution >= 4 is 40.1 Å². The number of anilines is 1. The normalized spacial score (nSPS) is 11.4. The second-order valence-corrected chi connectivity index (χ2v) is 5.96. The fraction of sp³-hybridized carbons (Fsp3) is 0.286. The zero-order valence-electron chi connectivity index (χ0n) is 11.8. The predicted molar refractivity (Wildman–Crippen MR) is 85.6 cm³/mol. The van der Waals surface area contributed by atoms with Crippen LogP contribution in [0.4, 0.5) is 5.69 Å². The number of rotatable bonds is 4. The molecule has 2 aromatic heterocycles. The highest BCUT2D eigenvalue weighted by Crippen LogP contribution is 2.30. The van der Waals surface area contributed by atoms with Gasteiger partial charge < -0.3 is 10.2 Å². The van der Waals surface area contributed by atoms with E-state index < -0.39 is 0 Å². The Bertz CT molecular complexity index is 796. The Morgan fingerprint density at radius 1 is 1.43 bits per heavy atom. The minimum Gasteiger partial charge on any atom is -0.431 e. The molecule has 5 nitrogen and oxygen atoms in total. The Labute approximate surface area is 131 Å². The second-order valence-electron chi connectivity index (χ2n) is 4.66. The van der Waals surface area contributed by atoms with Crippen molar-refractivity contribution in [2.24, 2.45) is 0 Å². The number of nitrogens with two attached hydrogens (primary N) is 1. The highest BCUT2D eigenvalue weighted by Gasteiger charge is 2.14. The lowest BCUT2D eigenvalue weighted by atomic mass is 10.3. The maximum Gasteiger partial charge on any atom is 0.257 e. The van der Waals surface area contributed by atoms with Gasteiger partial charge in [-0.15, -0.1) is 0 Å². The first-order chi connectivity index (χ1) is 10.1. The first kappa shape index (κ1) is 14.3. The van der Waals surface area contributed by atoms with Crippen molar-refractivity contribution in [3.63, 3.8) is 0 Å². The molecule has 110 valence electrons. The molecule has 2 heterocycles. The lowest BCUT2D eigenvalue weighted by Gasteiger charge is -2.02. The zero-order chi connectivity index (χ0) is 15.0. The summed E-state index contributed by atoms with van der Waals surface area (Å²) in [6, 6.07) is 5.44. The van der Waals surface area contributed by atoms with E-state index in [9.17, 15) is 0 Å². The molecule has 2 N–H and O–H groups in total. The standard InChI is InChI=1S/C14H15ClN4OS/c1-3-19-11(13(15)8(2)18-19)7-21-14-17-10-5-4-9(16)6-12(10)20-14/h4-6H,3,7,16H2,1-2H3. The molecule has 0 spiro atoms. The number of benzene rings is 1. The minimum absolute atomic E-state index is 0.605. The van der Waals surface area contributed by atoms with Crippen molar-refractivity contribution in [2.45, 2.75) is 31.4 Å². The van der Waals surface area contributed by atoms with E-state index in [-0.39, 0.29) is 0 Å². The highest BCUT2D eigenvalue weighted by molar-refractivity contribution is 7.98. The summed E-state index contributed by atoms with van der Waals surface area (Å²) >= 11 is 7.79. The van der Waals surface area contributed by atoms with Crippen LogP contribution in [-0.2, 0) is 12.3 Å². The maximum atomic E-state index is 6.29. The van der Waals surface area contributed by atoms with E-state index in [4.69, 9.17) is 21.8 Å². The molecular formula is C14H15ClN4OS. The van der Waals surface area contributed by atoms with Crippen LogP contribution in [0.5, 0.6) is 0 Å². The number of aromatic nitrogens is 3. The summed E-state index contributed by atoms with van der Waals surface area (Å²) in [6.45, 7) is 4.73. The van der Waals surface area contributed by atoms with Gasteiger partial charge in [-0.3, -0.25) is 4.68 Å². The van der Waals surface area contributed by atoms with E-state index in [2.05, 4.69) is 10.1 Å². The number of hydrogen-bond acceptors (Lipinski definition) is 5. The Morgan fingerprint density at radius 3 is 3.00 bits per heavy atom. The summed E-state index contributed by atoms with van der Waals surface area (Å²) in [6.07, 6.45) is 0. The molecule has 0 aliphatic heterocycles. The van der Waals surface area contributed by atoms with Gasteiger partial charge in [0.15, 0.2) is 5.58 Å². The van der Waals surface area contributed by atoms with Crippen molar-refractivity contribution in [1.29, 1.82) is 0 Å². The molecule has 0 aliphatic rings. The molecule has 0 radical (unpaired) electrons. The molecule has 0 saturated heterocycles. The quantitative estimate of drug-likeness (QED) is 0.583. The lowest BCUT2D eigenvalue weighted by molar-refractivity contribution is 0.489. The number of fused-ring (bicyclic) bond motifs is 1. The number of nitrogen functional groups attached to an aromatic ring is 1. The maximum absolute atomic E-state index is 6.29.